The van der Waals surface area contributed by atoms with Crippen LogP contribution in [0.4, 0.5) is 0 Å². The maximum Gasteiger partial charge on any atom is 0.344 e. The summed E-state index contributed by atoms with van der Waals surface area (Å²) in [4.78, 5) is 38.6. The fraction of sp³-hybridized carbons (Fsp3) is 0.462. The van der Waals surface area contributed by atoms with Crippen molar-refractivity contribution in [2.24, 2.45) is 0 Å². The van der Waals surface area contributed by atoms with Gasteiger partial charge in [-0.3, -0.25) is 9.59 Å². The number of H-pyrrole nitrogens is 1. The molecule has 0 aromatic carbocycles. The molecule has 120 valence electrons. The summed E-state index contributed by atoms with van der Waals surface area (Å²) in [5, 5.41) is 0. The molecule has 0 bridgehead atoms. The van der Waals surface area contributed by atoms with E-state index in [1.54, 1.807) is 0 Å². The predicted octanol–water partition coefficient (Wildman–Crippen LogP) is -0.823. The van der Waals surface area contributed by atoms with Gasteiger partial charge in [-0.05, 0) is 18.6 Å². The highest BCUT2D eigenvalue weighted by atomic mass is 32.2. The lowest BCUT2D eigenvalue weighted by Gasteiger charge is -2.23. The van der Waals surface area contributed by atoms with Gasteiger partial charge in [-0.25, -0.2) is 13.2 Å². The molecule has 9 heteroatoms. The van der Waals surface area contributed by atoms with Crippen molar-refractivity contribution >= 4 is 21.7 Å². The molecule has 1 aliphatic rings. The molecule has 1 unspecified atom stereocenters. The Morgan fingerprint density at radius 1 is 1.45 bits per heavy atom. The number of nitrogens with zero attached hydrogens (tertiary/aromatic N) is 1. The van der Waals surface area contributed by atoms with Crippen LogP contribution >= 0.6 is 0 Å². The van der Waals surface area contributed by atoms with Crippen LogP contribution < -0.4 is 5.56 Å². The van der Waals surface area contributed by atoms with Crippen LogP contribution in [0.5, 0.6) is 0 Å². The zero-order chi connectivity index (χ0) is 16.3. The minimum absolute atomic E-state index is 0.0501. The average Bonchev–Trinajstić information content (AvgIpc) is 2.84. The Labute approximate surface area is 127 Å². The lowest BCUT2D eigenvalue weighted by molar-refractivity contribution is -0.134. The van der Waals surface area contributed by atoms with E-state index in [1.165, 1.54) is 30.3 Å². The molecule has 22 heavy (non-hydrogen) atoms. The van der Waals surface area contributed by atoms with E-state index in [4.69, 9.17) is 4.74 Å². The van der Waals surface area contributed by atoms with Crippen molar-refractivity contribution in [1.82, 2.24) is 9.88 Å². The molecular weight excluding hydrogens is 312 g/mol. The largest absolute Gasteiger partial charge is 0.452 e. The third kappa shape index (κ3) is 3.73. The molecule has 0 radical (unpaired) electrons. The van der Waals surface area contributed by atoms with Gasteiger partial charge in [-0.2, -0.15) is 0 Å². The number of esters is 1. The summed E-state index contributed by atoms with van der Waals surface area (Å²) in [6.07, 6.45) is 1.75. The van der Waals surface area contributed by atoms with E-state index in [1.807, 2.05) is 0 Å². The van der Waals surface area contributed by atoms with Crippen molar-refractivity contribution in [3.63, 3.8) is 0 Å². The van der Waals surface area contributed by atoms with E-state index in [0.29, 0.717) is 6.42 Å². The molecule has 1 aromatic rings. The Balaban J connectivity index is 1.92. The third-order valence-electron chi connectivity index (χ3n) is 3.51. The quantitative estimate of drug-likeness (QED) is 0.722. The highest BCUT2D eigenvalue weighted by Gasteiger charge is 2.33. The van der Waals surface area contributed by atoms with Gasteiger partial charge in [-0.15, -0.1) is 0 Å². The number of hydrogen-bond acceptors (Lipinski definition) is 6. The van der Waals surface area contributed by atoms with Crippen LogP contribution in [0.1, 0.15) is 16.8 Å². The maximum atomic E-state index is 11.9. The van der Waals surface area contributed by atoms with Gasteiger partial charge in [0.15, 0.2) is 16.4 Å². The lowest BCUT2D eigenvalue weighted by Crippen LogP contribution is -2.40. The number of pyridine rings is 1. The highest BCUT2D eigenvalue weighted by molar-refractivity contribution is 7.91. The molecule has 1 aliphatic heterocycles. The van der Waals surface area contributed by atoms with Gasteiger partial charge in [-0.1, -0.05) is 0 Å². The monoisotopic (exact) mass is 328 g/mol. The van der Waals surface area contributed by atoms with Crippen LogP contribution in [0.15, 0.2) is 23.1 Å². The standard InChI is InChI=1S/C13H16N2O6S/c1-15(9-4-6-22(19,20)8-9)11(16)7-21-13(18)10-3-2-5-14-12(10)17/h2-3,5,9H,4,6-8H2,1H3,(H,14,17). The van der Waals surface area contributed by atoms with Crippen molar-refractivity contribution in [2.75, 3.05) is 25.2 Å². The number of nitrogens with one attached hydrogen (secondary N) is 1. The number of aromatic amines is 1. The Kier molecular flexibility index (Phi) is 4.65. The van der Waals surface area contributed by atoms with E-state index >= 15 is 0 Å². The number of carbonyl (C=O) groups excluding carboxylic acids is 2. The van der Waals surface area contributed by atoms with E-state index < -0.39 is 39.9 Å². The molecule has 2 heterocycles. The zero-order valence-corrected chi connectivity index (χ0v) is 12.8. The first kappa shape index (κ1) is 16.2. The van der Waals surface area contributed by atoms with Crippen molar-refractivity contribution in [3.8, 4) is 0 Å². The first-order valence-electron chi connectivity index (χ1n) is 6.61. The van der Waals surface area contributed by atoms with Gasteiger partial charge in [0.2, 0.25) is 0 Å². The third-order valence-corrected chi connectivity index (χ3v) is 5.26. The molecule has 1 fully saturated rings. The Morgan fingerprint density at radius 3 is 2.77 bits per heavy atom. The second kappa shape index (κ2) is 6.30. The van der Waals surface area contributed by atoms with Crippen LogP contribution in [0.2, 0.25) is 0 Å². The average molecular weight is 328 g/mol. The van der Waals surface area contributed by atoms with Crippen molar-refractivity contribution in [1.29, 1.82) is 0 Å². The van der Waals surface area contributed by atoms with Gasteiger partial charge in [0.05, 0.1) is 11.5 Å². The smallest absolute Gasteiger partial charge is 0.344 e. The first-order valence-corrected chi connectivity index (χ1v) is 8.43. The van der Waals surface area contributed by atoms with Crippen LogP contribution in [-0.2, 0) is 19.4 Å². The van der Waals surface area contributed by atoms with Crippen molar-refractivity contribution < 1.29 is 22.7 Å². The molecule has 1 saturated heterocycles. The second-order valence-electron chi connectivity index (χ2n) is 5.05. The summed E-state index contributed by atoms with van der Waals surface area (Å²) in [5.41, 5.74) is -0.795. The van der Waals surface area contributed by atoms with Gasteiger partial charge in [0, 0.05) is 19.3 Å². The molecular formula is C13H16N2O6S. The Bertz CT molecular complexity index is 739. The summed E-state index contributed by atoms with van der Waals surface area (Å²) >= 11 is 0. The molecule has 0 aliphatic carbocycles. The fourth-order valence-corrected chi connectivity index (χ4v) is 3.95. The molecule has 1 atom stereocenters. The van der Waals surface area contributed by atoms with E-state index in [9.17, 15) is 22.8 Å². The molecule has 0 saturated carbocycles. The number of carbonyl (C=O) groups is 2. The zero-order valence-electron chi connectivity index (χ0n) is 11.9. The van der Waals surface area contributed by atoms with Gasteiger partial charge >= 0.3 is 5.97 Å². The minimum Gasteiger partial charge on any atom is -0.452 e. The minimum atomic E-state index is -3.10. The van der Waals surface area contributed by atoms with Gasteiger partial charge in [0.1, 0.15) is 5.56 Å². The number of aromatic nitrogens is 1. The Morgan fingerprint density at radius 2 is 2.18 bits per heavy atom. The van der Waals surface area contributed by atoms with Crippen molar-refractivity contribution in [3.05, 3.63) is 34.2 Å². The molecule has 2 rings (SSSR count). The van der Waals surface area contributed by atoms with E-state index in [2.05, 4.69) is 4.98 Å². The summed E-state index contributed by atoms with van der Waals surface area (Å²) < 4.78 is 27.6. The topological polar surface area (TPSA) is 114 Å². The van der Waals surface area contributed by atoms with E-state index in [-0.39, 0.29) is 17.1 Å². The number of amides is 1. The van der Waals surface area contributed by atoms with Crippen LogP contribution in [0.25, 0.3) is 0 Å². The number of likely N-dealkylation sites (N-methyl/N-ethyl adjacent to an activating group) is 1. The van der Waals surface area contributed by atoms with Crippen LogP contribution in [0, 0.1) is 0 Å². The molecule has 1 amide bonds. The fourth-order valence-electron chi connectivity index (χ4n) is 2.17. The molecule has 0 spiro atoms. The Hall–Kier alpha value is -2.16. The number of hydrogen-bond donors (Lipinski definition) is 1. The summed E-state index contributed by atoms with van der Waals surface area (Å²) in [7, 11) is -1.63. The second-order valence-corrected chi connectivity index (χ2v) is 7.28. The SMILES string of the molecule is CN(C(=O)COC(=O)c1ccc[nH]c1=O)C1CCS(=O)(=O)C1. The normalized spacial score (nSPS) is 19.6. The number of rotatable bonds is 4. The number of sulfone groups is 1. The van der Waals surface area contributed by atoms with Gasteiger partial charge < -0.3 is 14.6 Å². The van der Waals surface area contributed by atoms with Crippen LogP contribution in [0.3, 0.4) is 0 Å². The highest BCUT2D eigenvalue weighted by Crippen LogP contribution is 2.16. The predicted molar refractivity (Wildman–Crippen MR) is 77.2 cm³/mol. The first-order chi connectivity index (χ1) is 10.3. The molecule has 1 N–H and O–H groups in total. The summed E-state index contributed by atoms with van der Waals surface area (Å²) in [5.74, 6) is -1.44. The maximum absolute atomic E-state index is 11.9. The van der Waals surface area contributed by atoms with Crippen molar-refractivity contribution in [2.45, 2.75) is 12.5 Å². The summed E-state index contributed by atoms with van der Waals surface area (Å²) in [6, 6.07) is 2.35. The van der Waals surface area contributed by atoms with Gasteiger partial charge in [0.25, 0.3) is 11.5 Å². The van der Waals surface area contributed by atoms with Crippen LogP contribution in [-0.4, -0.2) is 61.4 Å². The van der Waals surface area contributed by atoms with E-state index in [0.717, 1.165) is 0 Å². The number of ether oxygens (including phenoxy) is 1. The molecule has 1 aromatic heterocycles. The lowest BCUT2D eigenvalue weighted by atomic mass is 10.2. The summed E-state index contributed by atoms with van der Waals surface area (Å²) in [6.45, 7) is -0.541. The molecule has 8 nitrogen and oxygen atoms in total.